The van der Waals surface area contributed by atoms with Crippen LogP contribution in [0, 0.1) is 0 Å². The number of rotatable bonds is 4. The molecule has 1 unspecified atom stereocenters. The van der Waals surface area contributed by atoms with Crippen LogP contribution in [-0.2, 0) is 0 Å². The quantitative estimate of drug-likeness (QED) is 0.888. The van der Waals surface area contributed by atoms with Crippen molar-refractivity contribution in [2.24, 2.45) is 5.73 Å². The average molecular weight is 275 g/mol. The molecule has 0 heterocycles. The third-order valence-corrected chi connectivity index (χ3v) is 3.50. The monoisotopic (exact) mass is 274 g/mol. The first-order valence-electron chi connectivity index (χ1n) is 6.51. The van der Waals surface area contributed by atoms with Gasteiger partial charge in [0.15, 0.2) is 0 Å². The van der Waals surface area contributed by atoms with Gasteiger partial charge in [-0.05, 0) is 43.7 Å². The molecule has 0 saturated heterocycles. The Morgan fingerprint density at radius 2 is 1.79 bits per heavy atom. The molecule has 0 aliphatic carbocycles. The Bertz CT molecular complexity index is 538. The molecule has 19 heavy (non-hydrogen) atoms. The average Bonchev–Trinajstić information content (AvgIpc) is 2.40. The maximum absolute atomic E-state index is 6.31. The molecule has 0 amide bonds. The summed E-state index contributed by atoms with van der Waals surface area (Å²) in [6.45, 7) is 4.95. The highest BCUT2D eigenvalue weighted by atomic mass is 35.5. The lowest BCUT2D eigenvalue weighted by molar-refractivity contribution is 0.818. The summed E-state index contributed by atoms with van der Waals surface area (Å²) in [4.78, 5) is 2.22. The highest BCUT2D eigenvalue weighted by Crippen LogP contribution is 2.30. The van der Waals surface area contributed by atoms with Gasteiger partial charge >= 0.3 is 0 Å². The summed E-state index contributed by atoms with van der Waals surface area (Å²) in [6, 6.07) is 16.3. The van der Waals surface area contributed by atoms with Crippen molar-refractivity contribution in [1.82, 2.24) is 0 Å². The predicted molar refractivity (Wildman–Crippen MR) is 83.2 cm³/mol. The van der Waals surface area contributed by atoms with Crippen LogP contribution in [0.1, 0.15) is 25.5 Å². The molecule has 0 radical (unpaired) electrons. The van der Waals surface area contributed by atoms with Gasteiger partial charge in [-0.25, -0.2) is 0 Å². The normalized spacial score (nSPS) is 12.2. The van der Waals surface area contributed by atoms with Crippen molar-refractivity contribution in [3.05, 3.63) is 59.1 Å². The van der Waals surface area contributed by atoms with Crippen molar-refractivity contribution in [3.63, 3.8) is 0 Å². The lowest BCUT2D eigenvalue weighted by atomic mass is 10.1. The van der Waals surface area contributed by atoms with E-state index >= 15 is 0 Å². The summed E-state index contributed by atoms with van der Waals surface area (Å²) in [6.07, 6.45) is 0. The smallest absolute Gasteiger partial charge is 0.0474 e. The van der Waals surface area contributed by atoms with E-state index in [1.54, 1.807) is 0 Å². The lowest BCUT2D eigenvalue weighted by Gasteiger charge is -2.24. The second-order valence-electron chi connectivity index (χ2n) is 4.57. The van der Waals surface area contributed by atoms with Crippen molar-refractivity contribution >= 4 is 23.0 Å². The van der Waals surface area contributed by atoms with Crippen LogP contribution < -0.4 is 10.6 Å². The van der Waals surface area contributed by atoms with E-state index in [4.69, 9.17) is 17.3 Å². The molecule has 2 N–H and O–H groups in total. The van der Waals surface area contributed by atoms with E-state index in [0.717, 1.165) is 28.5 Å². The van der Waals surface area contributed by atoms with Gasteiger partial charge in [0.05, 0.1) is 0 Å². The number of halogens is 1. The summed E-state index contributed by atoms with van der Waals surface area (Å²) >= 11 is 6.31. The number of nitrogens with two attached hydrogens (primary N) is 1. The van der Waals surface area contributed by atoms with Gasteiger partial charge in [0.1, 0.15) is 0 Å². The Morgan fingerprint density at radius 3 is 2.32 bits per heavy atom. The van der Waals surface area contributed by atoms with E-state index in [1.807, 2.05) is 37.3 Å². The molecule has 0 fully saturated rings. The molecule has 2 nitrogen and oxygen atoms in total. The fraction of sp³-hybridized carbons (Fsp3) is 0.250. The number of hydrogen-bond donors (Lipinski definition) is 1. The molecule has 100 valence electrons. The Morgan fingerprint density at radius 1 is 1.11 bits per heavy atom. The third-order valence-electron chi connectivity index (χ3n) is 3.17. The molecular formula is C16H19ClN2. The van der Waals surface area contributed by atoms with Crippen molar-refractivity contribution in [2.45, 2.75) is 19.9 Å². The molecule has 2 aromatic rings. The van der Waals surface area contributed by atoms with Gasteiger partial charge in [0.2, 0.25) is 0 Å². The van der Waals surface area contributed by atoms with E-state index in [9.17, 15) is 0 Å². The molecular weight excluding hydrogens is 256 g/mol. The number of nitrogens with zero attached hydrogens (tertiary/aromatic N) is 1. The molecule has 2 aromatic carbocycles. The molecule has 2 rings (SSSR count). The maximum atomic E-state index is 6.31. The van der Waals surface area contributed by atoms with Crippen molar-refractivity contribution in [2.75, 3.05) is 11.4 Å². The van der Waals surface area contributed by atoms with Gasteiger partial charge in [-0.2, -0.15) is 0 Å². The van der Waals surface area contributed by atoms with Gasteiger partial charge in [0.25, 0.3) is 0 Å². The fourth-order valence-corrected chi connectivity index (χ4v) is 2.52. The summed E-state index contributed by atoms with van der Waals surface area (Å²) in [5.41, 5.74) is 9.12. The Hall–Kier alpha value is -1.51. The fourth-order valence-electron chi connectivity index (χ4n) is 2.18. The van der Waals surface area contributed by atoms with E-state index in [1.165, 1.54) is 0 Å². The Kier molecular flexibility index (Phi) is 4.46. The Balaban J connectivity index is 2.37. The van der Waals surface area contributed by atoms with Crippen LogP contribution in [0.15, 0.2) is 48.5 Å². The highest BCUT2D eigenvalue weighted by molar-refractivity contribution is 6.31. The van der Waals surface area contributed by atoms with Crippen LogP contribution in [-0.4, -0.2) is 6.54 Å². The topological polar surface area (TPSA) is 29.3 Å². The SMILES string of the molecule is CCN(c1ccccc1)c1ccc(C(C)N)c(Cl)c1. The van der Waals surface area contributed by atoms with E-state index in [2.05, 4.69) is 30.0 Å². The second kappa shape index (κ2) is 6.09. The van der Waals surface area contributed by atoms with Crippen LogP contribution in [0.2, 0.25) is 5.02 Å². The van der Waals surface area contributed by atoms with Crippen LogP contribution in [0.4, 0.5) is 11.4 Å². The summed E-state index contributed by atoms with van der Waals surface area (Å²) in [7, 11) is 0. The van der Waals surface area contributed by atoms with Crippen LogP contribution in [0.25, 0.3) is 0 Å². The summed E-state index contributed by atoms with van der Waals surface area (Å²) < 4.78 is 0. The zero-order valence-electron chi connectivity index (χ0n) is 11.3. The molecule has 0 aliphatic rings. The van der Waals surface area contributed by atoms with E-state index < -0.39 is 0 Å². The van der Waals surface area contributed by atoms with Crippen LogP contribution in [0.5, 0.6) is 0 Å². The molecule has 1 atom stereocenters. The van der Waals surface area contributed by atoms with Crippen molar-refractivity contribution in [3.8, 4) is 0 Å². The Labute approximate surface area is 119 Å². The predicted octanol–water partition coefficient (Wildman–Crippen LogP) is 4.52. The first-order chi connectivity index (χ1) is 9.13. The van der Waals surface area contributed by atoms with Gasteiger partial charge in [-0.15, -0.1) is 0 Å². The second-order valence-corrected chi connectivity index (χ2v) is 4.98. The summed E-state index contributed by atoms with van der Waals surface area (Å²) in [5, 5.41) is 0.724. The minimum absolute atomic E-state index is 0.0478. The van der Waals surface area contributed by atoms with Gasteiger partial charge in [-0.1, -0.05) is 35.9 Å². The minimum atomic E-state index is -0.0478. The lowest BCUT2D eigenvalue weighted by Crippen LogP contribution is -2.16. The molecule has 0 spiro atoms. The zero-order valence-corrected chi connectivity index (χ0v) is 12.1. The largest absolute Gasteiger partial charge is 0.342 e. The van der Waals surface area contributed by atoms with Crippen LogP contribution >= 0.6 is 11.6 Å². The zero-order chi connectivity index (χ0) is 13.8. The third kappa shape index (κ3) is 3.09. The number of anilines is 2. The van der Waals surface area contributed by atoms with E-state index in [0.29, 0.717) is 0 Å². The number of hydrogen-bond acceptors (Lipinski definition) is 2. The molecule has 0 aliphatic heterocycles. The van der Waals surface area contributed by atoms with E-state index in [-0.39, 0.29) is 6.04 Å². The first kappa shape index (κ1) is 13.9. The number of para-hydroxylation sites is 1. The van der Waals surface area contributed by atoms with Gasteiger partial charge < -0.3 is 10.6 Å². The van der Waals surface area contributed by atoms with Gasteiger partial charge in [-0.3, -0.25) is 0 Å². The van der Waals surface area contributed by atoms with Gasteiger partial charge in [0, 0.05) is 29.0 Å². The first-order valence-corrected chi connectivity index (χ1v) is 6.89. The maximum Gasteiger partial charge on any atom is 0.0474 e. The highest BCUT2D eigenvalue weighted by Gasteiger charge is 2.11. The number of benzene rings is 2. The molecule has 0 aromatic heterocycles. The molecule has 3 heteroatoms. The molecule has 0 bridgehead atoms. The minimum Gasteiger partial charge on any atom is -0.342 e. The molecule has 0 saturated carbocycles. The van der Waals surface area contributed by atoms with Crippen molar-refractivity contribution < 1.29 is 0 Å². The summed E-state index contributed by atoms with van der Waals surface area (Å²) in [5.74, 6) is 0. The van der Waals surface area contributed by atoms with Crippen LogP contribution in [0.3, 0.4) is 0 Å². The van der Waals surface area contributed by atoms with Crippen molar-refractivity contribution in [1.29, 1.82) is 0 Å². The standard InChI is InChI=1S/C16H19ClN2/c1-3-19(13-7-5-4-6-8-13)14-9-10-15(12(2)18)16(17)11-14/h4-12H,3,18H2,1-2H3.